The van der Waals surface area contributed by atoms with Gasteiger partial charge in [-0.25, -0.2) is 9.37 Å². The lowest BCUT2D eigenvalue weighted by atomic mass is 10.2. The Morgan fingerprint density at radius 3 is 2.78 bits per heavy atom. The first-order chi connectivity index (χ1) is 13.2. The third kappa shape index (κ3) is 4.12. The van der Waals surface area contributed by atoms with Crippen LogP contribution in [0.4, 0.5) is 4.39 Å². The number of thiophene rings is 1. The molecule has 27 heavy (non-hydrogen) atoms. The zero-order valence-corrected chi connectivity index (χ0v) is 16.1. The molecule has 2 aromatic heterocycles. The maximum atomic E-state index is 13.4. The first-order valence-electron chi connectivity index (χ1n) is 8.60. The second kappa shape index (κ2) is 8.06. The molecule has 0 bridgehead atoms. The largest absolute Gasteiger partial charge is 0.287 e. The Labute approximate surface area is 164 Å². The van der Waals surface area contributed by atoms with Crippen LogP contribution in [-0.2, 0) is 18.7 Å². The van der Waals surface area contributed by atoms with Gasteiger partial charge >= 0.3 is 0 Å². The van der Waals surface area contributed by atoms with Gasteiger partial charge in [-0.2, -0.15) is 0 Å². The van der Waals surface area contributed by atoms with Crippen molar-refractivity contribution in [2.24, 2.45) is 0 Å². The van der Waals surface area contributed by atoms with Crippen LogP contribution in [0, 0.1) is 5.82 Å². The SMILES string of the molecule is O=c1c2ccccc2nc(SCc2cccc(F)c2)n1CCc1cccs1. The van der Waals surface area contributed by atoms with Crippen molar-refractivity contribution in [2.75, 3.05) is 0 Å². The zero-order valence-electron chi connectivity index (χ0n) is 14.5. The fourth-order valence-corrected chi connectivity index (χ4v) is 4.57. The van der Waals surface area contributed by atoms with Gasteiger partial charge in [-0.05, 0) is 47.7 Å². The summed E-state index contributed by atoms with van der Waals surface area (Å²) in [5.41, 5.74) is 1.53. The Balaban J connectivity index is 1.67. The summed E-state index contributed by atoms with van der Waals surface area (Å²) in [6.07, 6.45) is 0.783. The highest BCUT2D eigenvalue weighted by atomic mass is 32.2. The Hall–Kier alpha value is -2.44. The van der Waals surface area contributed by atoms with Crippen molar-refractivity contribution in [1.29, 1.82) is 0 Å². The summed E-state index contributed by atoms with van der Waals surface area (Å²) >= 11 is 3.15. The van der Waals surface area contributed by atoms with Crippen molar-refractivity contribution >= 4 is 34.0 Å². The molecular formula is C21H17FN2OS2. The number of fused-ring (bicyclic) bond motifs is 1. The smallest absolute Gasteiger partial charge is 0.262 e. The van der Waals surface area contributed by atoms with Crippen LogP contribution in [-0.4, -0.2) is 9.55 Å². The minimum atomic E-state index is -0.255. The molecule has 0 aliphatic carbocycles. The molecule has 0 saturated heterocycles. The number of thioether (sulfide) groups is 1. The molecule has 2 heterocycles. The number of aryl methyl sites for hydroxylation is 1. The summed E-state index contributed by atoms with van der Waals surface area (Å²) in [4.78, 5) is 19.0. The molecule has 0 aliphatic heterocycles. The van der Waals surface area contributed by atoms with Gasteiger partial charge in [0.1, 0.15) is 5.82 Å². The molecule has 0 fully saturated rings. The molecule has 4 aromatic rings. The number of hydrogen-bond donors (Lipinski definition) is 0. The van der Waals surface area contributed by atoms with E-state index in [1.807, 2.05) is 41.8 Å². The number of rotatable bonds is 6. The van der Waals surface area contributed by atoms with E-state index in [9.17, 15) is 9.18 Å². The molecule has 6 heteroatoms. The van der Waals surface area contributed by atoms with Crippen molar-refractivity contribution in [3.8, 4) is 0 Å². The van der Waals surface area contributed by atoms with Crippen LogP contribution in [0.1, 0.15) is 10.4 Å². The average Bonchev–Trinajstić information content (AvgIpc) is 3.19. The number of hydrogen-bond acceptors (Lipinski definition) is 4. The summed E-state index contributed by atoms with van der Waals surface area (Å²) in [7, 11) is 0. The molecule has 4 rings (SSSR count). The van der Waals surface area contributed by atoms with Crippen molar-refractivity contribution in [2.45, 2.75) is 23.9 Å². The molecule has 0 unspecified atom stereocenters. The predicted molar refractivity (Wildman–Crippen MR) is 110 cm³/mol. The quantitative estimate of drug-likeness (QED) is 0.335. The normalized spacial score (nSPS) is 11.1. The Morgan fingerprint density at radius 2 is 1.96 bits per heavy atom. The van der Waals surface area contributed by atoms with Gasteiger partial charge in [0.05, 0.1) is 10.9 Å². The predicted octanol–water partition coefficient (Wildman–Crippen LogP) is 5.13. The maximum absolute atomic E-state index is 13.4. The molecule has 3 nitrogen and oxygen atoms in total. The molecule has 0 atom stereocenters. The van der Waals surface area contributed by atoms with Crippen LogP contribution < -0.4 is 5.56 Å². The van der Waals surface area contributed by atoms with Crippen LogP contribution in [0.25, 0.3) is 10.9 Å². The van der Waals surface area contributed by atoms with Gasteiger partial charge in [-0.15, -0.1) is 11.3 Å². The number of benzene rings is 2. The average molecular weight is 397 g/mol. The summed E-state index contributed by atoms with van der Waals surface area (Å²) in [5, 5.41) is 3.33. The van der Waals surface area contributed by atoms with Gasteiger partial charge in [0.25, 0.3) is 5.56 Å². The van der Waals surface area contributed by atoms with Crippen LogP contribution in [0.15, 0.2) is 76.0 Å². The van der Waals surface area contributed by atoms with Crippen LogP contribution in [0.5, 0.6) is 0 Å². The molecule has 0 spiro atoms. The molecule has 0 saturated carbocycles. The fraction of sp³-hybridized carbons (Fsp3) is 0.143. The topological polar surface area (TPSA) is 34.9 Å². The molecule has 0 N–H and O–H groups in total. The van der Waals surface area contributed by atoms with E-state index in [-0.39, 0.29) is 11.4 Å². The minimum absolute atomic E-state index is 0.0288. The highest BCUT2D eigenvalue weighted by Crippen LogP contribution is 2.23. The highest BCUT2D eigenvalue weighted by molar-refractivity contribution is 7.98. The third-order valence-electron chi connectivity index (χ3n) is 4.25. The summed E-state index contributed by atoms with van der Waals surface area (Å²) in [5.74, 6) is 0.302. The van der Waals surface area contributed by atoms with Crippen LogP contribution in [0.2, 0.25) is 0 Å². The monoisotopic (exact) mass is 396 g/mol. The number of nitrogens with zero attached hydrogens (tertiary/aromatic N) is 2. The molecule has 0 amide bonds. The van der Waals surface area contributed by atoms with Gasteiger partial charge in [-0.1, -0.05) is 42.1 Å². The van der Waals surface area contributed by atoms with E-state index in [0.29, 0.717) is 28.4 Å². The zero-order chi connectivity index (χ0) is 18.6. The van der Waals surface area contributed by atoms with E-state index in [0.717, 1.165) is 12.0 Å². The van der Waals surface area contributed by atoms with E-state index in [1.165, 1.54) is 28.8 Å². The second-order valence-corrected chi connectivity index (χ2v) is 8.09. The molecule has 0 radical (unpaired) electrons. The fourth-order valence-electron chi connectivity index (χ4n) is 2.91. The van der Waals surface area contributed by atoms with Crippen molar-refractivity contribution in [1.82, 2.24) is 9.55 Å². The van der Waals surface area contributed by atoms with Gasteiger partial charge in [0, 0.05) is 17.2 Å². The van der Waals surface area contributed by atoms with Gasteiger partial charge in [0.2, 0.25) is 0 Å². The third-order valence-corrected chi connectivity index (χ3v) is 6.23. The number of para-hydroxylation sites is 1. The van der Waals surface area contributed by atoms with Gasteiger partial charge in [0.15, 0.2) is 5.16 Å². The highest BCUT2D eigenvalue weighted by Gasteiger charge is 2.12. The summed E-state index contributed by atoms with van der Waals surface area (Å²) in [6, 6.07) is 18.0. The van der Waals surface area contributed by atoms with Crippen molar-refractivity contribution in [3.05, 3.63) is 92.7 Å². The molecule has 136 valence electrons. The van der Waals surface area contributed by atoms with Crippen LogP contribution in [0.3, 0.4) is 0 Å². The maximum Gasteiger partial charge on any atom is 0.262 e. The lowest BCUT2D eigenvalue weighted by Gasteiger charge is -2.13. The Bertz CT molecular complexity index is 1120. The van der Waals surface area contributed by atoms with E-state index < -0.39 is 0 Å². The van der Waals surface area contributed by atoms with E-state index in [2.05, 4.69) is 6.07 Å². The van der Waals surface area contributed by atoms with E-state index in [4.69, 9.17) is 4.98 Å². The summed E-state index contributed by atoms with van der Waals surface area (Å²) in [6.45, 7) is 0.572. The van der Waals surface area contributed by atoms with Gasteiger partial charge in [-0.3, -0.25) is 9.36 Å². The molecular weight excluding hydrogens is 379 g/mol. The Kier molecular flexibility index (Phi) is 5.36. The standard InChI is InChI=1S/C21H17FN2OS2/c22-16-6-3-5-15(13-16)14-27-21-23-19-9-2-1-8-18(19)20(25)24(21)11-10-17-7-4-12-26-17/h1-9,12-13H,10-11,14H2. The van der Waals surface area contributed by atoms with E-state index in [1.54, 1.807) is 22.0 Å². The van der Waals surface area contributed by atoms with Crippen molar-refractivity contribution < 1.29 is 4.39 Å². The first-order valence-corrected chi connectivity index (χ1v) is 10.5. The molecule has 2 aromatic carbocycles. The second-order valence-electron chi connectivity index (χ2n) is 6.12. The lowest BCUT2D eigenvalue weighted by Crippen LogP contribution is -2.24. The lowest BCUT2D eigenvalue weighted by molar-refractivity contribution is 0.598. The molecule has 0 aliphatic rings. The Morgan fingerprint density at radius 1 is 1.07 bits per heavy atom. The number of halogens is 1. The van der Waals surface area contributed by atoms with Crippen LogP contribution >= 0.6 is 23.1 Å². The van der Waals surface area contributed by atoms with Crippen molar-refractivity contribution in [3.63, 3.8) is 0 Å². The summed E-state index contributed by atoms with van der Waals surface area (Å²) < 4.78 is 15.2. The van der Waals surface area contributed by atoms with Gasteiger partial charge < -0.3 is 0 Å². The van der Waals surface area contributed by atoms with E-state index >= 15 is 0 Å². The number of aromatic nitrogens is 2. The minimum Gasteiger partial charge on any atom is -0.287 e. The first kappa shape index (κ1) is 17.9.